The second-order valence-corrected chi connectivity index (χ2v) is 6.05. The van der Waals surface area contributed by atoms with Crippen molar-refractivity contribution in [3.8, 4) is 16.3 Å². The van der Waals surface area contributed by atoms with E-state index in [-0.39, 0.29) is 11.9 Å². The van der Waals surface area contributed by atoms with E-state index in [0.29, 0.717) is 25.5 Å². The normalized spacial score (nSPS) is 18.3. The number of hydrogen-bond acceptors (Lipinski definition) is 5. The average molecular weight is 318 g/mol. The Hall–Kier alpha value is -1.92. The zero-order valence-electron chi connectivity index (χ0n) is 12.6. The van der Waals surface area contributed by atoms with E-state index in [9.17, 15) is 4.79 Å². The average Bonchev–Trinajstić information content (AvgIpc) is 3.05. The monoisotopic (exact) mass is 318 g/mol. The van der Waals surface area contributed by atoms with Gasteiger partial charge in [-0.15, -0.1) is 11.3 Å². The van der Waals surface area contributed by atoms with Crippen molar-refractivity contribution in [2.24, 2.45) is 0 Å². The summed E-state index contributed by atoms with van der Waals surface area (Å²) in [5, 5.41) is 2.66. The minimum atomic E-state index is -0.0215. The summed E-state index contributed by atoms with van der Waals surface area (Å²) in [6, 6.07) is 7.77. The van der Waals surface area contributed by atoms with Crippen LogP contribution in [0.15, 0.2) is 29.6 Å². The molecule has 0 saturated carbocycles. The minimum Gasteiger partial charge on any atom is -0.497 e. The molecule has 116 valence electrons. The Balaban J connectivity index is 1.79. The fraction of sp³-hybridized carbons (Fsp3) is 0.375. The Bertz CT molecular complexity index is 654. The molecule has 2 aromatic rings. The maximum absolute atomic E-state index is 12.5. The van der Waals surface area contributed by atoms with Crippen LogP contribution in [0.5, 0.6) is 5.75 Å². The van der Waals surface area contributed by atoms with Crippen LogP contribution in [0.2, 0.25) is 0 Å². The Morgan fingerprint density at radius 2 is 2.18 bits per heavy atom. The summed E-state index contributed by atoms with van der Waals surface area (Å²) < 4.78 is 10.5. The summed E-state index contributed by atoms with van der Waals surface area (Å²) in [7, 11) is 1.64. The van der Waals surface area contributed by atoms with E-state index in [1.54, 1.807) is 7.11 Å². The molecular formula is C16H18N2O3S. The van der Waals surface area contributed by atoms with Crippen LogP contribution in [0.25, 0.3) is 10.6 Å². The van der Waals surface area contributed by atoms with Crippen LogP contribution in [-0.2, 0) is 4.74 Å². The molecule has 1 atom stereocenters. The summed E-state index contributed by atoms with van der Waals surface area (Å²) in [5.74, 6) is 0.783. The first-order valence-electron chi connectivity index (χ1n) is 7.17. The van der Waals surface area contributed by atoms with Gasteiger partial charge in [-0.2, -0.15) is 0 Å². The molecule has 1 aromatic heterocycles. The fourth-order valence-electron chi connectivity index (χ4n) is 2.41. The first kappa shape index (κ1) is 15.0. The molecular weight excluding hydrogens is 300 g/mol. The Morgan fingerprint density at radius 3 is 2.86 bits per heavy atom. The van der Waals surface area contributed by atoms with E-state index in [1.807, 2.05) is 41.5 Å². The first-order valence-corrected chi connectivity index (χ1v) is 8.05. The van der Waals surface area contributed by atoms with Crippen LogP contribution in [-0.4, -0.2) is 48.7 Å². The van der Waals surface area contributed by atoms with Gasteiger partial charge in [-0.05, 0) is 31.2 Å². The van der Waals surface area contributed by atoms with Gasteiger partial charge in [0, 0.05) is 17.5 Å². The van der Waals surface area contributed by atoms with Gasteiger partial charge in [0.25, 0.3) is 5.91 Å². The second-order valence-electron chi connectivity index (χ2n) is 5.19. The molecule has 0 aliphatic carbocycles. The number of rotatable bonds is 3. The van der Waals surface area contributed by atoms with Crippen LogP contribution in [0.3, 0.4) is 0 Å². The van der Waals surface area contributed by atoms with Gasteiger partial charge in [-0.25, -0.2) is 4.98 Å². The van der Waals surface area contributed by atoms with Crippen molar-refractivity contribution in [1.82, 2.24) is 9.88 Å². The standard InChI is InChI=1S/C16H18N2O3S/c1-11-9-21-8-7-18(11)16(19)14-10-22-15(17-14)12-3-5-13(20-2)6-4-12/h3-6,10-11H,7-9H2,1-2H3. The van der Waals surface area contributed by atoms with E-state index >= 15 is 0 Å². The van der Waals surface area contributed by atoms with Gasteiger partial charge in [-0.1, -0.05) is 0 Å². The molecule has 0 radical (unpaired) electrons. The van der Waals surface area contributed by atoms with Gasteiger partial charge in [0.15, 0.2) is 0 Å². The lowest BCUT2D eigenvalue weighted by molar-refractivity contribution is 0.00332. The lowest BCUT2D eigenvalue weighted by atomic mass is 10.2. The lowest BCUT2D eigenvalue weighted by Crippen LogP contribution is -2.47. The largest absolute Gasteiger partial charge is 0.497 e. The Labute approximate surface area is 133 Å². The van der Waals surface area contributed by atoms with Crippen molar-refractivity contribution in [2.75, 3.05) is 26.9 Å². The van der Waals surface area contributed by atoms with E-state index in [1.165, 1.54) is 11.3 Å². The number of hydrogen-bond donors (Lipinski definition) is 0. The number of aromatic nitrogens is 1. The van der Waals surface area contributed by atoms with Gasteiger partial charge >= 0.3 is 0 Å². The molecule has 6 heteroatoms. The van der Waals surface area contributed by atoms with Gasteiger partial charge in [0.2, 0.25) is 0 Å². The van der Waals surface area contributed by atoms with Crippen LogP contribution in [0.1, 0.15) is 17.4 Å². The minimum absolute atomic E-state index is 0.0215. The molecule has 1 amide bonds. The summed E-state index contributed by atoms with van der Waals surface area (Å²) in [6.45, 7) is 3.79. The summed E-state index contributed by atoms with van der Waals surface area (Å²) in [6.07, 6.45) is 0. The molecule has 1 aliphatic rings. The Morgan fingerprint density at radius 1 is 1.41 bits per heavy atom. The number of ether oxygens (including phenoxy) is 2. The maximum Gasteiger partial charge on any atom is 0.273 e. The first-order chi connectivity index (χ1) is 10.7. The van der Waals surface area contributed by atoms with Crippen LogP contribution >= 0.6 is 11.3 Å². The predicted molar refractivity (Wildman–Crippen MR) is 85.4 cm³/mol. The third kappa shape index (κ3) is 2.98. The zero-order valence-corrected chi connectivity index (χ0v) is 13.4. The molecule has 3 rings (SSSR count). The van der Waals surface area contributed by atoms with Crippen LogP contribution in [0.4, 0.5) is 0 Å². The number of morpholine rings is 1. The highest BCUT2D eigenvalue weighted by Crippen LogP contribution is 2.26. The van der Waals surface area contributed by atoms with Gasteiger partial charge < -0.3 is 14.4 Å². The topological polar surface area (TPSA) is 51.7 Å². The van der Waals surface area contributed by atoms with Crippen molar-refractivity contribution in [1.29, 1.82) is 0 Å². The highest BCUT2D eigenvalue weighted by Gasteiger charge is 2.26. The number of carbonyl (C=O) groups excluding carboxylic acids is 1. The number of benzene rings is 1. The molecule has 1 aliphatic heterocycles. The van der Waals surface area contributed by atoms with Crippen LogP contribution in [0, 0.1) is 0 Å². The van der Waals surface area contributed by atoms with Crippen molar-refractivity contribution in [3.05, 3.63) is 35.3 Å². The number of amides is 1. The predicted octanol–water partition coefficient (Wildman–Crippen LogP) is 2.68. The third-order valence-electron chi connectivity index (χ3n) is 3.69. The number of nitrogens with zero attached hydrogens (tertiary/aromatic N) is 2. The quantitative estimate of drug-likeness (QED) is 0.873. The molecule has 0 N–H and O–H groups in total. The van der Waals surface area contributed by atoms with Crippen molar-refractivity contribution >= 4 is 17.2 Å². The number of carbonyl (C=O) groups is 1. The van der Waals surface area contributed by atoms with Gasteiger partial charge in [-0.3, -0.25) is 4.79 Å². The molecule has 1 saturated heterocycles. The van der Waals surface area contributed by atoms with Crippen LogP contribution < -0.4 is 4.74 Å². The van der Waals surface area contributed by atoms with Crippen molar-refractivity contribution in [2.45, 2.75) is 13.0 Å². The lowest BCUT2D eigenvalue weighted by Gasteiger charge is -2.32. The molecule has 0 spiro atoms. The smallest absolute Gasteiger partial charge is 0.273 e. The molecule has 22 heavy (non-hydrogen) atoms. The molecule has 2 heterocycles. The van der Waals surface area contributed by atoms with Gasteiger partial charge in [0.05, 0.1) is 26.4 Å². The maximum atomic E-state index is 12.5. The van der Waals surface area contributed by atoms with E-state index in [4.69, 9.17) is 9.47 Å². The summed E-state index contributed by atoms with van der Waals surface area (Å²) >= 11 is 1.48. The summed E-state index contributed by atoms with van der Waals surface area (Å²) in [4.78, 5) is 18.9. The molecule has 1 aromatic carbocycles. The zero-order chi connectivity index (χ0) is 15.5. The third-order valence-corrected chi connectivity index (χ3v) is 4.58. The van der Waals surface area contributed by atoms with Crippen molar-refractivity contribution in [3.63, 3.8) is 0 Å². The SMILES string of the molecule is COc1ccc(-c2nc(C(=O)N3CCOCC3C)cs2)cc1. The molecule has 1 fully saturated rings. The fourth-order valence-corrected chi connectivity index (χ4v) is 3.21. The van der Waals surface area contributed by atoms with E-state index in [2.05, 4.69) is 4.98 Å². The Kier molecular flexibility index (Phi) is 4.40. The van der Waals surface area contributed by atoms with E-state index < -0.39 is 0 Å². The van der Waals surface area contributed by atoms with Gasteiger partial charge in [0.1, 0.15) is 16.5 Å². The summed E-state index contributed by atoms with van der Waals surface area (Å²) in [5.41, 5.74) is 1.49. The molecule has 1 unspecified atom stereocenters. The molecule has 5 nitrogen and oxygen atoms in total. The number of methoxy groups -OCH3 is 1. The van der Waals surface area contributed by atoms with E-state index in [0.717, 1.165) is 16.3 Å². The van der Waals surface area contributed by atoms with Crippen molar-refractivity contribution < 1.29 is 14.3 Å². The second kappa shape index (κ2) is 6.46. The number of thiazole rings is 1. The highest BCUT2D eigenvalue weighted by molar-refractivity contribution is 7.13. The highest BCUT2D eigenvalue weighted by atomic mass is 32.1. The molecule has 0 bridgehead atoms.